The molecule has 31 heavy (non-hydrogen) atoms. The summed E-state index contributed by atoms with van der Waals surface area (Å²) in [5.74, 6) is 0.840. The smallest absolute Gasteiger partial charge is 0.326 e. The summed E-state index contributed by atoms with van der Waals surface area (Å²) in [5, 5.41) is 6.06. The van der Waals surface area contributed by atoms with Gasteiger partial charge in [-0.05, 0) is 42.2 Å². The molecule has 0 unspecified atom stereocenters. The highest BCUT2D eigenvalue weighted by Gasteiger charge is 2.28. The molecule has 160 valence electrons. The maximum absolute atomic E-state index is 12.8. The molecule has 0 spiro atoms. The number of urea groups is 1. The minimum atomic E-state index is -0.237. The van der Waals surface area contributed by atoms with Crippen LogP contribution in [-0.2, 0) is 13.0 Å². The lowest BCUT2D eigenvalue weighted by molar-refractivity contribution is 0.0927. The first-order valence-electron chi connectivity index (χ1n) is 11.1. The van der Waals surface area contributed by atoms with Gasteiger partial charge < -0.3 is 15.4 Å². The van der Waals surface area contributed by atoms with Gasteiger partial charge in [0.15, 0.2) is 0 Å². The lowest BCUT2D eigenvalue weighted by atomic mass is 9.95. The van der Waals surface area contributed by atoms with E-state index >= 15 is 0 Å². The highest BCUT2D eigenvalue weighted by molar-refractivity contribution is 6.04. The van der Waals surface area contributed by atoms with E-state index in [1.165, 1.54) is 12.0 Å². The monoisotopic (exact) mass is 417 g/mol. The van der Waals surface area contributed by atoms with Crippen molar-refractivity contribution in [1.82, 2.24) is 10.2 Å². The lowest BCUT2D eigenvalue weighted by Gasteiger charge is -2.32. The van der Waals surface area contributed by atoms with Crippen molar-refractivity contribution < 1.29 is 14.3 Å². The fraction of sp³-hybridized carbons (Fsp3) is 0.360. The van der Waals surface area contributed by atoms with Crippen molar-refractivity contribution in [3.63, 3.8) is 0 Å². The van der Waals surface area contributed by atoms with Gasteiger partial charge in [-0.25, -0.2) is 4.79 Å². The molecule has 0 saturated heterocycles. The van der Waals surface area contributed by atoms with Gasteiger partial charge in [0.1, 0.15) is 5.75 Å². The molecule has 1 saturated carbocycles. The molecule has 5 rings (SSSR count). The van der Waals surface area contributed by atoms with E-state index in [2.05, 4.69) is 23.3 Å². The molecule has 1 aliphatic carbocycles. The third-order valence-electron chi connectivity index (χ3n) is 6.44. The maximum Gasteiger partial charge on any atom is 0.326 e. The number of nitrogens with one attached hydrogen (secondary N) is 2. The molecule has 0 aromatic heterocycles. The minimum absolute atomic E-state index is 0.0858. The summed E-state index contributed by atoms with van der Waals surface area (Å²) in [6.45, 7) is 5.30. The fourth-order valence-corrected chi connectivity index (χ4v) is 4.69. The van der Waals surface area contributed by atoms with E-state index in [1.54, 1.807) is 11.0 Å². The second kappa shape index (κ2) is 8.10. The Balaban J connectivity index is 1.32. The molecule has 0 radical (unpaired) electrons. The first-order chi connectivity index (χ1) is 15.1. The summed E-state index contributed by atoms with van der Waals surface area (Å²) in [6, 6.07) is 11.5. The van der Waals surface area contributed by atoms with E-state index in [0.29, 0.717) is 30.1 Å². The number of anilines is 1. The fourth-order valence-electron chi connectivity index (χ4n) is 4.69. The number of ether oxygens (including phenoxy) is 1. The largest absolute Gasteiger partial charge is 0.493 e. The topological polar surface area (TPSA) is 70.7 Å². The Kier molecular flexibility index (Phi) is 5.14. The molecule has 6 heteroatoms. The van der Waals surface area contributed by atoms with Gasteiger partial charge in [0.05, 0.1) is 18.8 Å². The van der Waals surface area contributed by atoms with Gasteiger partial charge >= 0.3 is 6.03 Å². The van der Waals surface area contributed by atoms with Crippen molar-refractivity contribution in [3.8, 4) is 5.75 Å². The number of amides is 3. The first-order valence-corrected chi connectivity index (χ1v) is 11.1. The van der Waals surface area contributed by atoms with Gasteiger partial charge in [-0.15, -0.1) is 0 Å². The van der Waals surface area contributed by atoms with Gasteiger partial charge in [-0.3, -0.25) is 9.69 Å². The van der Waals surface area contributed by atoms with E-state index in [1.807, 2.05) is 24.3 Å². The molecule has 2 aromatic rings. The van der Waals surface area contributed by atoms with Crippen molar-refractivity contribution in [1.29, 1.82) is 0 Å². The Morgan fingerprint density at radius 1 is 1.16 bits per heavy atom. The van der Waals surface area contributed by atoms with Crippen LogP contribution in [0.25, 0.3) is 5.70 Å². The Hall–Kier alpha value is -3.28. The highest BCUT2D eigenvalue weighted by atomic mass is 16.5. The molecule has 2 heterocycles. The van der Waals surface area contributed by atoms with Gasteiger partial charge in [0.2, 0.25) is 0 Å². The molecular weight excluding hydrogens is 390 g/mol. The van der Waals surface area contributed by atoms with Crippen LogP contribution in [0.4, 0.5) is 10.5 Å². The zero-order chi connectivity index (χ0) is 21.4. The third kappa shape index (κ3) is 3.90. The van der Waals surface area contributed by atoms with E-state index in [-0.39, 0.29) is 18.0 Å². The average molecular weight is 418 g/mol. The van der Waals surface area contributed by atoms with E-state index in [0.717, 1.165) is 49.0 Å². The number of benzene rings is 2. The number of carbonyl (C=O) groups excluding carboxylic acids is 2. The van der Waals surface area contributed by atoms with Gasteiger partial charge in [0.25, 0.3) is 5.91 Å². The molecule has 3 amide bonds. The molecule has 3 aliphatic rings. The standard InChI is InChI=1S/C25H27N3O3/c1-16-21-9-8-19(24(29)26-20-5-3-2-4-6-20)14-22(21)27-25(30)28(16)15-17-7-10-23-18(13-17)11-12-31-23/h7-10,13-14,20H,1-6,11-12,15H2,(H,26,29)(H,27,30). The summed E-state index contributed by atoms with van der Waals surface area (Å²) in [6.07, 6.45) is 6.54. The second-order valence-corrected chi connectivity index (χ2v) is 8.57. The Bertz CT molecular complexity index is 1060. The quantitative estimate of drug-likeness (QED) is 0.757. The van der Waals surface area contributed by atoms with Gasteiger partial charge in [-0.2, -0.15) is 0 Å². The number of hydrogen-bond donors (Lipinski definition) is 2. The molecule has 0 bridgehead atoms. The number of nitrogens with zero attached hydrogens (tertiary/aromatic N) is 1. The zero-order valence-electron chi connectivity index (χ0n) is 17.6. The number of fused-ring (bicyclic) bond motifs is 2. The molecule has 2 N–H and O–H groups in total. The van der Waals surface area contributed by atoms with E-state index in [4.69, 9.17) is 4.74 Å². The molecule has 6 nitrogen and oxygen atoms in total. The minimum Gasteiger partial charge on any atom is -0.493 e. The van der Waals surface area contributed by atoms with Crippen LogP contribution in [0.1, 0.15) is 59.2 Å². The third-order valence-corrected chi connectivity index (χ3v) is 6.44. The Morgan fingerprint density at radius 2 is 2.00 bits per heavy atom. The highest BCUT2D eigenvalue weighted by Crippen LogP contribution is 2.34. The summed E-state index contributed by atoms with van der Waals surface area (Å²) in [5.41, 5.74) is 4.87. The van der Waals surface area contributed by atoms with Crippen molar-refractivity contribution >= 4 is 23.3 Å². The summed E-state index contributed by atoms with van der Waals surface area (Å²) < 4.78 is 5.57. The lowest BCUT2D eigenvalue weighted by Crippen LogP contribution is -2.38. The van der Waals surface area contributed by atoms with Gasteiger partial charge in [-0.1, -0.05) is 44.0 Å². The summed E-state index contributed by atoms with van der Waals surface area (Å²) in [4.78, 5) is 27.2. The number of rotatable bonds is 4. The SMILES string of the molecule is C=C1c2ccc(C(=O)NC3CCCCC3)cc2NC(=O)N1Cc1ccc2c(c1)CCO2. The van der Waals surface area contributed by atoms with Crippen LogP contribution in [0.5, 0.6) is 5.75 Å². The molecule has 0 atom stereocenters. The summed E-state index contributed by atoms with van der Waals surface area (Å²) in [7, 11) is 0. The van der Waals surface area contributed by atoms with Crippen molar-refractivity contribution in [2.75, 3.05) is 11.9 Å². The molecule has 1 fully saturated rings. The molecular formula is C25H27N3O3. The van der Waals surface area contributed by atoms with Crippen molar-refractivity contribution in [3.05, 3.63) is 65.2 Å². The van der Waals surface area contributed by atoms with Gasteiger partial charge in [0, 0.05) is 29.3 Å². The van der Waals surface area contributed by atoms with Crippen LogP contribution < -0.4 is 15.4 Å². The number of hydrogen-bond acceptors (Lipinski definition) is 3. The van der Waals surface area contributed by atoms with Crippen LogP contribution >= 0.6 is 0 Å². The van der Waals surface area contributed by atoms with Crippen LogP contribution in [0.15, 0.2) is 43.0 Å². The Morgan fingerprint density at radius 3 is 2.84 bits per heavy atom. The number of carbonyl (C=O) groups is 2. The average Bonchev–Trinajstić information content (AvgIpc) is 3.25. The van der Waals surface area contributed by atoms with E-state index in [9.17, 15) is 9.59 Å². The predicted octanol–water partition coefficient (Wildman–Crippen LogP) is 4.70. The molecule has 2 aliphatic heterocycles. The van der Waals surface area contributed by atoms with Crippen LogP contribution in [0, 0.1) is 0 Å². The summed E-state index contributed by atoms with van der Waals surface area (Å²) >= 11 is 0. The molecule has 2 aromatic carbocycles. The van der Waals surface area contributed by atoms with Crippen molar-refractivity contribution in [2.24, 2.45) is 0 Å². The normalized spacial score (nSPS) is 18.1. The van der Waals surface area contributed by atoms with E-state index < -0.39 is 0 Å². The Labute approximate surface area is 182 Å². The van der Waals surface area contributed by atoms with Crippen molar-refractivity contribution in [2.45, 2.75) is 51.1 Å². The first kappa shape index (κ1) is 19.7. The van der Waals surface area contributed by atoms with Crippen LogP contribution in [-0.4, -0.2) is 29.5 Å². The predicted molar refractivity (Wildman–Crippen MR) is 120 cm³/mol. The zero-order valence-corrected chi connectivity index (χ0v) is 17.6. The van der Waals surface area contributed by atoms with Crippen LogP contribution in [0.3, 0.4) is 0 Å². The second-order valence-electron chi connectivity index (χ2n) is 8.57. The van der Waals surface area contributed by atoms with Crippen LogP contribution in [0.2, 0.25) is 0 Å². The maximum atomic E-state index is 12.8.